The number of ether oxygens (including phenoxy) is 1. The van der Waals surface area contributed by atoms with Crippen LogP contribution in [0.3, 0.4) is 0 Å². The van der Waals surface area contributed by atoms with Crippen LogP contribution in [0.5, 0.6) is 0 Å². The molecule has 2 aliphatic rings. The zero-order valence-corrected chi connectivity index (χ0v) is 18.1. The molecule has 2 heterocycles. The van der Waals surface area contributed by atoms with Gasteiger partial charge in [0.15, 0.2) is 6.29 Å². The smallest absolute Gasteiger partial charge is 0.267 e. The molecule has 2 amide bonds. The molecule has 0 aromatic carbocycles. The minimum absolute atomic E-state index is 0.0214. The van der Waals surface area contributed by atoms with Gasteiger partial charge in [0, 0.05) is 37.6 Å². The first-order chi connectivity index (χ1) is 15.1. The number of carbonyl (C=O) groups excluding carboxylic acids is 2. The first kappa shape index (κ1) is 23.1. The van der Waals surface area contributed by atoms with Gasteiger partial charge in [0.25, 0.3) is 5.91 Å². The lowest BCUT2D eigenvalue weighted by Crippen LogP contribution is -2.38. The highest BCUT2D eigenvalue weighted by atomic mass is 16.8. The van der Waals surface area contributed by atoms with Crippen LogP contribution < -0.4 is 16.1 Å². The lowest BCUT2D eigenvalue weighted by Gasteiger charge is -2.22. The number of amides is 2. The van der Waals surface area contributed by atoms with Crippen molar-refractivity contribution in [2.75, 3.05) is 18.5 Å². The number of hydrogen-bond acceptors (Lipinski definition) is 7. The standard InChI is InChI=1S/C22H33N5O4/c1-16(13-25-22(29)17-7-3-2-4-8-17)26-19-15-23-18(14-24-19)10-11-20(28)27-31-21-9-5-6-12-30-21/h10-11,14-17,21H,2-9,12-13H2,1H3,(H,24,26)(H,25,29)(H,27,28)/b11-10+/t16-,21?/m1/s1. The maximum absolute atomic E-state index is 12.2. The van der Waals surface area contributed by atoms with E-state index >= 15 is 0 Å². The van der Waals surface area contributed by atoms with E-state index < -0.39 is 0 Å². The fraction of sp³-hybridized carbons (Fsp3) is 0.636. The average molecular weight is 432 g/mol. The molecular formula is C22H33N5O4. The molecule has 3 N–H and O–H groups in total. The summed E-state index contributed by atoms with van der Waals surface area (Å²) in [5.41, 5.74) is 2.91. The summed E-state index contributed by atoms with van der Waals surface area (Å²) < 4.78 is 5.38. The van der Waals surface area contributed by atoms with E-state index in [0.29, 0.717) is 24.7 Å². The van der Waals surface area contributed by atoms with Gasteiger partial charge in [-0.3, -0.25) is 14.6 Å². The Morgan fingerprint density at radius 1 is 1.16 bits per heavy atom. The summed E-state index contributed by atoms with van der Waals surface area (Å²) in [5, 5.41) is 6.25. The topological polar surface area (TPSA) is 114 Å². The summed E-state index contributed by atoms with van der Waals surface area (Å²) in [6.07, 6.45) is 14.0. The summed E-state index contributed by atoms with van der Waals surface area (Å²) in [6, 6.07) is 0.0214. The van der Waals surface area contributed by atoms with Crippen LogP contribution in [0.1, 0.15) is 64.0 Å². The monoisotopic (exact) mass is 431 g/mol. The first-order valence-electron chi connectivity index (χ1n) is 11.2. The lowest BCUT2D eigenvalue weighted by atomic mass is 9.88. The summed E-state index contributed by atoms with van der Waals surface area (Å²) in [6.45, 7) is 3.17. The number of rotatable bonds is 9. The second-order valence-corrected chi connectivity index (χ2v) is 8.17. The van der Waals surface area contributed by atoms with Crippen molar-refractivity contribution in [3.05, 3.63) is 24.2 Å². The zero-order valence-electron chi connectivity index (χ0n) is 18.1. The molecule has 0 spiro atoms. The van der Waals surface area contributed by atoms with Crippen molar-refractivity contribution >= 4 is 23.7 Å². The predicted molar refractivity (Wildman–Crippen MR) is 117 cm³/mol. The second-order valence-electron chi connectivity index (χ2n) is 8.17. The molecule has 1 aromatic rings. The molecule has 2 atom stereocenters. The highest BCUT2D eigenvalue weighted by Gasteiger charge is 2.21. The van der Waals surface area contributed by atoms with Crippen molar-refractivity contribution in [3.8, 4) is 0 Å². The van der Waals surface area contributed by atoms with Gasteiger partial charge in [0.2, 0.25) is 5.91 Å². The molecule has 31 heavy (non-hydrogen) atoms. The number of anilines is 1. The van der Waals surface area contributed by atoms with Gasteiger partial charge >= 0.3 is 0 Å². The molecule has 1 aromatic heterocycles. The Labute approximate surface area is 183 Å². The van der Waals surface area contributed by atoms with E-state index in [4.69, 9.17) is 9.57 Å². The van der Waals surface area contributed by atoms with Gasteiger partial charge in [-0.05, 0) is 38.7 Å². The highest BCUT2D eigenvalue weighted by Crippen LogP contribution is 2.23. The van der Waals surface area contributed by atoms with Crippen LogP contribution in [-0.4, -0.2) is 47.3 Å². The fourth-order valence-electron chi connectivity index (χ4n) is 3.69. The van der Waals surface area contributed by atoms with Gasteiger partial charge in [-0.25, -0.2) is 15.3 Å². The SMILES string of the molecule is C[C@H](CNC(=O)C1CCCCC1)Nc1cnc(/C=C/C(=O)NOC2CCCCO2)cn1. The van der Waals surface area contributed by atoms with Crippen molar-refractivity contribution in [2.24, 2.45) is 5.92 Å². The molecule has 1 saturated heterocycles. The average Bonchev–Trinajstić information content (AvgIpc) is 2.82. The zero-order chi connectivity index (χ0) is 21.9. The molecule has 1 unspecified atom stereocenters. The summed E-state index contributed by atoms with van der Waals surface area (Å²) >= 11 is 0. The molecule has 1 aliphatic heterocycles. The minimum Gasteiger partial charge on any atom is -0.365 e. The van der Waals surface area contributed by atoms with Crippen molar-refractivity contribution in [3.63, 3.8) is 0 Å². The van der Waals surface area contributed by atoms with Gasteiger partial charge < -0.3 is 15.4 Å². The van der Waals surface area contributed by atoms with E-state index in [-0.39, 0.29) is 30.1 Å². The molecular weight excluding hydrogens is 398 g/mol. The van der Waals surface area contributed by atoms with Crippen LogP contribution in [0, 0.1) is 5.92 Å². The van der Waals surface area contributed by atoms with Crippen LogP contribution in [0.4, 0.5) is 5.82 Å². The van der Waals surface area contributed by atoms with Crippen molar-refractivity contribution in [1.82, 2.24) is 20.8 Å². The third-order valence-electron chi connectivity index (χ3n) is 5.46. The highest BCUT2D eigenvalue weighted by molar-refractivity contribution is 5.90. The first-order valence-corrected chi connectivity index (χ1v) is 11.2. The summed E-state index contributed by atoms with van der Waals surface area (Å²) in [4.78, 5) is 37.9. The molecule has 0 radical (unpaired) electrons. The fourth-order valence-corrected chi connectivity index (χ4v) is 3.69. The number of nitrogens with one attached hydrogen (secondary N) is 3. The predicted octanol–water partition coefficient (Wildman–Crippen LogP) is 2.56. The van der Waals surface area contributed by atoms with E-state index in [1.54, 1.807) is 18.5 Å². The van der Waals surface area contributed by atoms with Crippen LogP contribution in [0.25, 0.3) is 6.08 Å². The molecule has 9 heteroatoms. The second kappa shape index (κ2) is 12.4. The van der Waals surface area contributed by atoms with Gasteiger partial charge in [-0.2, -0.15) is 0 Å². The number of hydrogen-bond donors (Lipinski definition) is 3. The van der Waals surface area contributed by atoms with Gasteiger partial charge in [-0.1, -0.05) is 19.3 Å². The molecule has 170 valence electrons. The van der Waals surface area contributed by atoms with E-state index in [1.807, 2.05) is 6.92 Å². The van der Waals surface area contributed by atoms with Gasteiger partial charge in [0.1, 0.15) is 5.82 Å². The minimum atomic E-state index is -0.388. The molecule has 9 nitrogen and oxygen atoms in total. The Morgan fingerprint density at radius 2 is 1.97 bits per heavy atom. The largest absolute Gasteiger partial charge is 0.365 e. The quantitative estimate of drug-likeness (QED) is 0.407. The third kappa shape index (κ3) is 8.26. The maximum atomic E-state index is 12.2. The molecule has 2 fully saturated rings. The Kier molecular flexibility index (Phi) is 9.23. The number of carbonyl (C=O) groups is 2. The van der Waals surface area contributed by atoms with Crippen molar-refractivity contribution in [2.45, 2.75) is 70.6 Å². The normalized spacial score (nSPS) is 20.9. The van der Waals surface area contributed by atoms with Crippen LogP contribution in [-0.2, 0) is 19.2 Å². The molecule has 1 aliphatic carbocycles. The third-order valence-corrected chi connectivity index (χ3v) is 5.46. The number of hydroxylamine groups is 1. The Bertz CT molecular complexity index is 728. The lowest BCUT2D eigenvalue weighted by molar-refractivity contribution is -0.198. The van der Waals surface area contributed by atoms with Crippen LogP contribution in [0.2, 0.25) is 0 Å². The van der Waals surface area contributed by atoms with Crippen LogP contribution in [0.15, 0.2) is 18.5 Å². The van der Waals surface area contributed by atoms with Gasteiger partial charge in [-0.15, -0.1) is 0 Å². The van der Waals surface area contributed by atoms with Gasteiger partial charge in [0.05, 0.1) is 18.1 Å². The Morgan fingerprint density at radius 3 is 2.68 bits per heavy atom. The Hall–Kier alpha value is -2.52. The molecule has 1 saturated carbocycles. The summed E-state index contributed by atoms with van der Waals surface area (Å²) in [7, 11) is 0. The van der Waals surface area contributed by atoms with E-state index in [2.05, 4.69) is 26.1 Å². The maximum Gasteiger partial charge on any atom is 0.267 e. The van der Waals surface area contributed by atoms with E-state index in [1.165, 1.54) is 12.5 Å². The molecule has 3 rings (SSSR count). The van der Waals surface area contributed by atoms with E-state index in [9.17, 15) is 9.59 Å². The Balaban J connectivity index is 1.36. The van der Waals surface area contributed by atoms with Crippen molar-refractivity contribution in [1.29, 1.82) is 0 Å². The molecule has 0 bridgehead atoms. The number of aromatic nitrogens is 2. The van der Waals surface area contributed by atoms with Crippen molar-refractivity contribution < 1.29 is 19.2 Å². The van der Waals surface area contributed by atoms with E-state index in [0.717, 1.165) is 44.9 Å². The summed E-state index contributed by atoms with van der Waals surface area (Å²) in [5.74, 6) is 0.529. The number of nitrogens with zero attached hydrogens (tertiary/aromatic N) is 2. The van der Waals surface area contributed by atoms with Crippen LogP contribution >= 0.6 is 0 Å².